The number of rotatable bonds is 5. The van der Waals surface area contributed by atoms with Crippen LogP contribution in [0.3, 0.4) is 0 Å². The normalized spacial score (nSPS) is 13.0. The van der Waals surface area contributed by atoms with Gasteiger partial charge < -0.3 is 9.47 Å². The van der Waals surface area contributed by atoms with Gasteiger partial charge in [-0.25, -0.2) is 0 Å². The van der Waals surface area contributed by atoms with Crippen LogP contribution in [-0.4, -0.2) is 4.57 Å². The summed E-state index contributed by atoms with van der Waals surface area (Å²) in [6.07, 6.45) is 0. The molecule has 2 heteroatoms. The summed E-state index contributed by atoms with van der Waals surface area (Å²) in [5, 5.41) is 5.00. The monoisotopic (exact) mass is 774 g/mol. The molecular weight excluding hydrogens is 737 g/mol. The molecule has 2 nitrogen and oxygen atoms in total. The van der Waals surface area contributed by atoms with Gasteiger partial charge in [0.25, 0.3) is 0 Å². The molecule has 1 aromatic heterocycles. The lowest BCUT2D eigenvalue weighted by molar-refractivity contribution is 0.793. The van der Waals surface area contributed by atoms with E-state index in [4.69, 9.17) is 0 Å². The third-order valence-corrected chi connectivity index (χ3v) is 13.4. The van der Waals surface area contributed by atoms with Crippen LogP contribution in [0.25, 0.3) is 71.6 Å². The highest BCUT2D eigenvalue weighted by Crippen LogP contribution is 2.65. The molecule has 0 N–H and O–H groups in total. The van der Waals surface area contributed by atoms with Gasteiger partial charge in [0, 0.05) is 33.2 Å². The van der Waals surface area contributed by atoms with E-state index in [1.54, 1.807) is 0 Å². The van der Waals surface area contributed by atoms with Gasteiger partial charge in [-0.3, -0.25) is 0 Å². The minimum atomic E-state index is -0.565. The lowest BCUT2D eigenvalue weighted by atomic mass is 9.70. The number of hydrogen-bond donors (Lipinski definition) is 0. The summed E-state index contributed by atoms with van der Waals surface area (Å²) in [5.41, 5.74) is 19.3. The van der Waals surface area contributed by atoms with E-state index in [0.29, 0.717) is 0 Å². The molecule has 0 bridgehead atoms. The standard InChI is InChI=1S/C59H38N2/c1-3-17-39(18-4-1)40-31-33-42(34-32-40)60(41-19-5-2-6-20-41)57-38-54-58(49-26-8-7-25-48(49)57)50-36-35-43(61-55-29-15-11-23-46(55)47-24-12-16-30-56(47)61)37-53(50)59(54)51-27-13-9-21-44(51)45-22-10-14-28-52(45)59/h1-38H. The molecule has 0 saturated carbocycles. The predicted octanol–water partition coefficient (Wildman–Crippen LogP) is 15.4. The molecule has 0 unspecified atom stereocenters. The predicted molar refractivity (Wildman–Crippen MR) is 255 cm³/mol. The molecule has 0 atom stereocenters. The van der Waals surface area contributed by atoms with E-state index in [9.17, 15) is 0 Å². The van der Waals surface area contributed by atoms with Gasteiger partial charge in [0.15, 0.2) is 0 Å². The van der Waals surface area contributed by atoms with Gasteiger partial charge in [-0.15, -0.1) is 0 Å². The zero-order valence-electron chi connectivity index (χ0n) is 33.3. The minimum absolute atomic E-state index is 0.565. The van der Waals surface area contributed by atoms with Crippen molar-refractivity contribution in [1.29, 1.82) is 0 Å². The zero-order valence-corrected chi connectivity index (χ0v) is 33.3. The maximum atomic E-state index is 2.54. The summed E-state index contributed by atoms with van der Waals surface area (Å²) in [6, 6.07) is 85.4. The number of benzene rings is 10. The van der Waals surface area contributed by atoms with Crippen LogP contribution in [0.15, 0.2) is 231 Å². The van der Waals surface area contributed by atoms with Crippen molar-refractivity contribution in [3.05, 3.63) is 253 Å². The number of para-hydroxylation sites is 3. The molecule has 0 radical (unpaired) electrons. The number of hydrogen-bond acceptors (Lipinski definition) is 1. The number of aromatic nitrogens is 1. The summed E-state index contributed by atoms with van der Waals surface area (Å²) in [7, 11) is 0. The molecule has 11 aromatic rings. The van der Waals surface area contributed by atoms with Crippen LogP contribution in [0.2, 0.25) is 0 Å². The van der Waals surface area contributed by atoms with E-state index in [1.807, 2.05) is 0 Å². The Balaban J connectivity index is 1.13. The number of anilines is 3. The molecule has 61 heavy (non-hydrogen) atoms. The van der Waals surface area contributed by atoms with Crippen LogP contribution in [0.5, 0.6) is 0 Å². The molecule has 0 saturated heterocycles. The Hall–Kier alpha value is -7.94. The topological polar surface area (TPSA) is 8.17 Å². The van der Waals surface area contributed by atoms with Gasteiger partial charge in [0.1, 0.15) is 0 Å². The average Bonchev–Trinajstić information content (AvgIpc) is 3.94. The number of fused-ring (bicyclic) bond motifs is 15. The van der Waals surface area contributed by atoms with Crippen molar-refractivity contribution >= 4 is 49.6 Å². The minimum Gasteiger partial charge on any atom is -0.310 e. The first kappa shape index (κ1) is 34.0. The van der Waals surface area contributed by atoms with E-state index in [-0.39, 0.29) is 0 Å². The van der Waals surface area contributed by atoms with Crippen molar-refractivity contribution in [3.63, 3.8) is 0 Å². The van der Waals surface area contributed by atoms with Crippen molar-refractivity contribution in [1.82, 2.24) is 4.57 Å². The van der Waals surface area contributed by atoms with Crippen molar-refractivity contribution in [2.24, 2.45) is 0 Å². The Morgan fingerprint density at radius 2 is 0.836 bits per heavy atom. The highest BCUT2D eigenvalue weighted by molar-refractivity contribution is 6.13. The lowest BCUT2D eigenvalue weighted by Crippen LogP contribution is -2.26. The molecule has 2 aliphatic carbocycles. The molecule has 10 aromatic carbocycles. The molecule has 0 fully saturated rings. The SMILES string of the molecule is c1ccc(-c2ccc(N(c3ccccc3)c3cc4c(c5ccccc35)-c3ccc(-n5c6ccccc6c6ccccc65)cc3C43c4ccccc4-c4ccccc43)cc2)cc1. The van der Waals surface area contributed by atoms with Gasteiger partial charge >= 0.3 is 0 Å². The largest absolute Gasteiger partial charge is 0.310 e. The smallest absolute Gasteiger partial charge is 0.0727 e. The number of nitrogens with zero attached hydrogens (tertiary/aromatic N) is 2. The van der Waals surface area contributed by atoms with E-state index in [1.165, 1.54) is 93.9 Å². The summed E-state index contributed by atoms with van der Waals surface area (Å²) in [6.45, 7) is 0. The molecule has 0 amide bonds. The van der Waals surface area contributed by atoms with Gasteiger partial charge in [-0.1, -0.05) is 176 Å². The van der Waals surface area contributed by atoms with E-state index in [0.717, 1.165) is 17.1 Å². The fraction of sp³-hybridized carbons (Fsp3) is 0.0169. The van der Waals surface area contributed by atoms with Crippen molar-refractivity contribution < 1.29 is 0 Å². The molecule has 1 spiro atoms. The summed E-state index contributed by atoms with van der Waals surface area (Å²) in [5.74, 6) is 0. The van der Waals surface area contributed by atoms with Crippen LogP contribution < -0.4 is 4.90 Å². The Kier molecular flexibility index (Phi) is 7.26. The first-order chi connectivity index (χ1) is 30.3. The quantitative estimate of drug-likeness (QED) is 0.169. The first-order valence-electron chi connectivity index (χ1n) is 21.2. The summed E-state index contributed by atoms with van der Waals surface area (Å²) < 4.78 is 2.47. The van der Waals surface area contributed by atoms with Crippen LogP contribution >= 0.6 is 0 Å². The van der Waals surface area contributed by atoms with Gasteiger partial charge in [0.05, 0.1) is 22.1 Å². The lowest BCUT2D eigenvalue weighted by Gasteiger charge is -2.33. The van der Waals surface area contributed by atoms with Gasteiger partial charge in [-0.2, -0.15) is 0 Å². The summed E-state index contributed by atoms with van der Waals surface area (Å²) in [4.78, 5) is 2.46. The summed E-state index contributed by atoms with van der Waals surface area (Å²) >= 11 is 0. The maximum Gasteiger partial charge on any atom is 0.0727 e. The fourth-order valence-electron chi connectivity index (χ4n) is 10.9. The third-order valence-electron chi connectivity index (χ3n) is 13.4. The van der Waals surface area contributed by atoms with Crippen molar-refractivity contribution in [3.8, 4) is 39.1 Å². The average molecular weight is 775 g/mol. The fourth-order valence-corrected chi connectivity index (χ4v) is 10.9. The second-order valence-electron chi connectivity index (χ2n) is 16.4. The van der Waals surface area contributed by atoms with Gasteiger partial charge in [-0.05, 0) is 116 Å². The third kappa shape index (κ3) is 4.73. The van der Waals surface area contributed by atoms with Crippen molar-refractivity contribution in [2.45, 2.75) is 5.41 Å². The van der Waals surface area contributed by atoms with Crippen LogP contribution in [-0.2, 0) is 5.41 Å². The second-order valence-corrected chi connectivity index (χ2v) is 16.4. The molecular formula is C59H38N2. The van der Waals surface area contributed by atoms with Crippen LogP contribution in [0.1, 0.15) is 22.3 Å². The first-order valence-corrected chi connectivity index (χ1v) is 21.2. The molecule has 1 heterocycles. The van der Waals surface area contributed by atoms with Crippen molar-refractivity contribution in [2.75, 3.05) is 4.90 Å². The molecule has 13 rings (SSSR count). The molecule has 0 aliphatic heterocycles. The van der Waals surface area contributed by atoms with Crippen LogP contribution in [0, 0.1) is 0 Å². The maximum absolute atomic E-state index is 2.54. The van der Waals surface area contributed by atoms with Gasteiger partial charge in [0.2, 0.25) is 0 Å². The van der Waals surface area contributed by atoms with E-state index in [2.05, 4.69) is 240 Å². The Bertz CT molecular complexity index is 3430. The Morgan fingerprint density at radius 1 is 0.328 bits per heavy atom. The second kappa shape index (κ2) is 13.0. The highest BCUT2D eigenvalue weighted by Gasteiger charge is 2.52. The Morgan fingerprint density at radius 3 is 1.49 bits per heavy atom. The zero-order chi connectivity index (χ0) is 40.1. The molecule has 284 valence electrons. The van der Waals surface area contributed by atoms with E-state index < -0.39 is 5.41 Å². The van der Waals surface area contributed by atoms with Crippen LogP contribution in [0.4, 0.5) is 17.1 Å². The highest BCUT2D eigenvalue weighted by atomic mass is 15.1. The Labute approximate surface area is 354 Å². The van der Waals surface area contributed by atoms with E-state index >= 15 is 0 Å². The molecule has 2 aliphatic rings.